The second-order valence-electron chi connectivity index (χ2n) is 5.07. The number of halogens is 1. The van der Waals surface area contributed by atoms with E-state index in [1.807, 2.05) is 12.1 Å². The zero-order chi connectivity index (χ0) is 13.6. The second-order valence-corrected chi connectivity index (χ2v) is 5.07. The Bertz CT molecular complexity index is 393. The van der Waals surface area contributed by atoms with E-state index >= 15 is 0 Å². The number of benzene rings is 1. The predicted octanol–water partition coefficient (Wildman–Crippen LogP) is 2.11. The third-order valence-corrected chi connectivity index (χ3v) is 3.75. The van der Waals surface area contributed by atoms with E-state index in [1.54, 1.807) is 19.2 Å². The van der Waals surface area contributed by atoms with Gasteiger partial charge in [0.2, 0.25) is 0 Å². The summed E-state index contributed by atoms with van der Waals surface area (Å²) in [6.07, 6.45) is 1.90. The molecular formula is C15H22FNO2. The van der Waals surface area contributed by atoms with E-state index in [0.717, 1.165) is 31.5 Å². The van der Waals surface area contributed by atoms with E-state index in [0.29, 0.717) is 19.8 Å². The number of rotatable bonds is 8. The lowest BCUT2D eigenvalue weighted by atomic mass is 9.72. The van der Waals surface area contributed by atoms with Gasteiger partial charge in [-0.25, -0.2) is 4.39 Å². The fraction of sp³-hybridized carbons (Fsp3) is 0.600. The molecule has 1 aliphatic rings. The standard InChI is InChI=1S/C15H22FNO2/c1-18-9-10-19-8-4-7-15(11-17-12-15)13-5-2-3-6-14(13)16/h2-3,5-6,17H,4,7-12H2,1H3. The molecule has 0 spiro atoms. The van der Waals surface area contributed by atoms with Crippen LogP contribution in [0.1, 0.15) is 18.4 Å². The van der Waals surface area contributed by atoms with Gasteiger partial charge in [0.25, 0.3) is 0 Å². The Morgan fingerprint density at radius 1 is 1.21 bits per heavy atom. The quantitative estimate of drug-likeness (QED) is 0.732. The minimum absolute atomic E-state index is 0.0457. The van der Waals surface area contributed by atoms with E-state index in [2.05, 4.69) is 5.32 Å². The lowest BCUT2D eigenvalue weighted by Crippen LogP contribution is -2.57. The molecule has 0 atom stereocenters. The van der Waals surface area contributed by atoms with Crippen LogP contribution in [0, 0.1) is 5.82 Å². The van der Waals surface area contributed by atoms with Crippen LogP contribution in [-0.2, 0) is 14.9 Å². The second kappa shape index (κ2) is 6.98. The van der Waals surface area contributed by atoms with E-state index in [-0.39, 0.29) is 11.2 Å². The summed E-state index contributed by atoms with van der Waals surface area (Å²) in [5.41, 5.74) is 0.793. The lowest BCUT2D eigenvalue weighted by molar-refractivity contribution is 0.0643. The molecule has 0 radical (unpaired) electrons. The Kier molecular flexibility index (Phi) is 5.31. The fourth-order valence-corrected chi connectivity index (χ4v) is 2.58. The fourth-order valence-electron chi connectivity index (χ4n) is 2.58. The Morgan fingerprint density at radius 2 is 2.00 bits per heavy atom. The van der Waals surface area contributed by atoms with Crippen LogP contribution in [-0.4, -0.2) is 40.0 Å². The minimum Gasteiger partial charge on any atom is -0.382 e. The molecule has 3 nitrogen and oxygen atoms in total. The van der Waals surface area contributed by atoms with Crippen molar-refractivity contribution in [3.05, 3.63) is 35.6 Å². The van der Waals surface area contributed by atoms with Gasteiger partial charge in [0.15, 0.2) is 0 Å². The molecule has 0 bridgehead atoms. The Balaban J connectivity index is 1.84. The van der Waals surface area contributed by atoms with Crippen molar-refractivity contribution in [1.29, 1.82) is 0 Å². The largest absolute Gasteiger partial charge is 0.382 e. The first kappa shape index (κ1) is 14.4. The molecule has 1 fully saturated rings. The average molecular weight is 267 g/mol. The van der Waals surface area contributed by atoms with E-state index in [4.69, 9.17) is 9.47 Å². The van der Waals surface area contributed by atoms with Gasteiger partial charge in [-0.15, -0.1) is 0 Å². The summed E-state index contributed by atoms with van der Waals surface area (Å²) >= 11 is 0. The number of methoxy groups -OCH3 is 1. The lowest BCUT2D eigenvalue weighted by Gasteiger charge is -2.43. The minimum atomic E-state index is -0.0932. The van der Waals surface area contributed by atoms with E-state index in [9.17, 15) is 4.39 Å². The van der Waals surface area contributed by atoms with Crippen LogP contribution in [0.4, 0.5) is 4.39 Å². The third-order valence-electron chi connectivity index (χ3n) is 3.75. The molecule has 0 amide bonds. The van der Waals surface area contributed by atoms with Crippen molar-refractivity contribution in [2.45, 2.75) is 18.3 Å². The highest BCUT2D eigenvalue weighted by atomic mass is 19.1. The summed E-state index contributed by atoms with van der Waals surface area (Å²) in [6.45, 7) is 3.67. The van der Waals surface area contributed by atoms with Gasteiger partial charge >= 0.3 is 0 Å². The van der Waals surface area contributed by atoms with Gasteiger partial charge in [-0.1, -0.05) is 18.2 Å². The van der Waals surface area contributed by atoms with Crippen LogP contribution in [0.15, 0.2) is 24.3 Å². The van der Waals surface area contributed by atoms with E-state index < -0.39 is 0 Å². The molecule has 106 valence electrons. The summed E-state index contributed by atoms with van der Waals surface area (Å²) in [5.74, 6) is -0.0932. The van der Waals surface area contributed by atoms with Crippen molar-refractivity contribution in [2.24, 2.45) is 0 Å². The molecule has 0 saturated carbocycles. The first-order chi connectivity index (χ1) is 9.28. The molecule has 1 aromatic rings. The van der Waals surface area contributed by atoms with Crippen LogP contribution in [0.2, 0.25) is 0 Å². The number of nitrogens with one attached hydrogen (secondary N) is 1. The summed E-state index contributed by atoms with van der Waals surface area (Å²) in [7, 11) is 1.66. The van der Waals surface area contributed by atoms with Crippen molar-refractivity contribution >= 4 is 0 Å². The molecule has 0 aromatic heterocycles. The van der Waals surface area contributed by atoms with Crippen molar-refractivity contribution in [3.8, 4) is 0 Å². The first-order valence-electron chi connectivity index (χ1n) is 6.81. The van der Waals surface area contributed by atoms with Crippen molar-refractivity contribution in [3.63, 3.8) is 0 Å². The Hall–Kier alpha value is -0.970. The highest BCUT2D eigenvalue weighted by Gasteiger charge is 2.39. The summed E-state index contributed by atoms with van der Waals surface area (Å²) in [6, 6.07) is 7.10. The zero-order valence-electron chi connectivity index (χ0n) is 11.5. The van der Waals surface area contributed by atoms with E-state index in [1.165, 1.54) is 0 Å². The average Bonchev–Trinajstić information content (AvgIpc) is 2.37. The maximum absolute atomic E-state index is 13.9. The molecule has 4 heteroatoms. The topological polar surface area (TPSA) is 30.5 Å². The highest BCUT2D eigenvalue weighted by molar-refractivity contribution is 5.31. The predicted molar refractivity (Wildman–Crippen MR) is 72.9 cm³/mol. The number of ether oxygens (including phenoxy) is 2. The molecule has 1 heterocycles. The molecule has 0 aliphatic carbocycles. The molecule has 1 aromatic carbocycles. The normalized spacial score (nSPS) is 17.2. The summed E-state index contributed by atoms with van der Waals surface area (Å²) in [5, 5.41) is 3.26. The van der Waals surface area contributed by atoms with Gasteiger partial charge in [0, 0.05) is 32.2 Å². The smallest absolute Gasteiger partial charge is 0.127 e. The molecule has 2 rings (SSSR count). The van der Waals surface area contributed by atoms with Crippen molar-refractivity contribution in [1.82, 2.24) is 5.32 Å². The van der Waals surface area contributed by atoms with Gasteiger partial charge in [0.05, 0.1) is 13.2 Å². The van der Waals surface area contributed by atoms with Crippen LogP contribution in [0.5, 0.6) is 0 Å². The first-order valence-corrected chi connectivity index (χ1v) is 6.81. The molecule has 19 heavy (non-hydrogen) atoms. The molecule has 1 N–H and O–H groups in total. The number of hydrogen-bond acceptors (Lipinski definition) is 3. The SMILES string of the molecule is COCCOCCCC1(c2ccccc2F)CNC1. The molecular weight excluding hydrogens is 245 g/mol. The Morgan fingerprint density at radius 3 is 2.63 bits per heavy atom. The number of hydrogen-bond donors (Lipinski definition) is 1. The summed E-state index contributed by atoms with van der Waals surface area (Å²) < 4.78 is 24.3. The van der Waals surface area contributed by atoms with Crippen LogP contribution >= 0.6 is 0 Å². The summed E-state index contributed by atoms with van der Waals surface area (Å²) in [4.78, 5) is 0. The molecule has 0 unspecified atom stereocenters. The van der Waals surface area contributed by atoms with Gasteiger partial charge in [-0.05, 0) is 24.5 Å². The van der Waals surface area contributed by atoms with Crippen LogP contribution < -0.4 is 5.32 Å². The van der Waals surface area contributed by atoms with Crippen molar-refractivity contribution in [2.75, 3.05) is 40.0 Å². The zero-order valence-corrected chi connectivity index (χ0v) is 11.5. The van der Waals surface area contributed by atoms with Crippen molar-refractivity contribution < 1.29 is 13.9 Å². The maximum atomic E-state index is 13.9. The van der Waals surface area contributed by atoms with Gasteiger partial charge in [-0.2, -0.15) is 0 Å². The van der Waals surface area contributed by atoms with Gasteiger partial charge < -0.3 is 14.8 Å². The Labute approximate surface area is 114 Å². The van der Waals surface area contributed by atoms with Crippen LogP contribution in [0.3, 0.4) is 0 Å². The van der Waals surface area contributed by atoms with Crippen LogP contribution in [0.25, 0.3) is 0 Å². The third kappa shape index (κ3) is 3.53. The van der Waals surface area contributed by atoms with Gasteiger partial charge in [-0.3, -0.25) is 0 Å². The maximum Gasteiger partial charge on any atom is 0.127 e. The monoisotopic (exact) mass is 267 g/mol. The highest BCUT2D eigenvalue weighted by Crippen LogP contribution is 2.34. The molecule has 1 aliphatic heterocycles. The molecule has 1 saturated heterocycles. The van der Waals surface area contributed by atoms with Gasteiger partial charge in [0.1, 0.15) is 5.82 Å².